The van der Waals surface area contributed by atoms with Crippen LogP contribution in [0.3, 0.4) is 0 Å². The van der Waals surface area contributed by atoms with E-state index in [1.807, 2.05) is 0 Å². The summed E-state index contributed by atoms with van der Waals surface area (Å²) >= 11 is 3.50. The Kier molecular flexibility index (Phi) is 6.85. The van der Waals surface area contributed by atoms with Crippen molar-refractivity contribution in [2.45, 2.75) is 32.6 Å². The molecule has 0 bridgehead atoms. The van der Waals surface area contributed by atoms with Crippen molar-refractivity contribution in [2.24, 2.45) is 0 Å². The van der Waals surface area contributed by atoms with Crippen LogP contribution in [0.4, 0.5) is 0 Å². The Balaban J connectivity index is 1.92. The maximum Gasteiger partial charge on any atom is 0.0175 e. The van der Waals surface area contributed by atoms with Gasteiger partial charge in [-0.3, -0.25) is 0 Å². The van der Waals surface area contributed by atoms with E-state index in [2.05, 4.69) is 108 Å². The molecular formula is C25H25Br. The Bertz CT molecular complexity index is 845. The van der Waals surface area contributed by atoms with Gasteiger partial charge in [0.2, 0.25) is 0 Å². The lowest BCUT2D eigenvalue weighted by atomic mass is 9.95. The van der Waals surface area contributed by atoms with Crippen LogP contribution in [0.5, 0.6) is 0 Å². The van der Waals surface area contributed by atoms with Gasteiger partial charge in [0.15, 0.2) is 0 Å². The van der Waals surface area contributed by atoms with Crippen LogP contribution in [0.2, 0.25) is 0 Å². The van der Waals surface area contributed by atoms with Crippen LogP contribution < -0.4 is 0 Å². The Hall–Kier alpha value is -2.12. The lowest BCUT2D eigenvalue weighted by Gasteiger charge is -2.10. The summed E-state index contributed by atoms with van der Waals surface area (Å²) in [7, 11) is 0. The van der Waals surface area contributed by atoms with Crippen LogP contribution in [-0.4, -0.2) is 0 Å². The molecule has 0 amide bonds. The lowest BCUT2D eigenvalue weighted by Crippen LogP contribution is -1.90. The van der Waals surface area contributed by atoms with E-state index in [4.69, 9.17) is 0 Å². The minimum atomic E-state index is 1.11. The summed E-state index contributed by atoms with van der Waals surface area (Å²) in [6.07, 6.45) is 9.42. The second-order valence-corrected chi connectivity index (χ2v) is 7.55. The van der Waals surface area contributed by atoms with Crippen LogP contribution in [-0.2, 0) is 6.42 Å². The number of hydrogen-bond donors (Lipinski definition) is 0. The molecule has 0 aliphatic rings. The summed E-state index contributed by atoms with van der Waals surface area (Å²) in [5.41, 5.74) is 6.48. The molecule has 0 saturated heterocycles. The third-order valence-electron chi connectivity index (χ3n) is 4.60. The van der Waals surface area contributed by atoms with Crippen molar-refractivity contribution in [2.75, 3.05) is 0 Å². The van der Waals surface area contributed by atoms with E-state index >= 15 is 0 Å². The number of halogens is 1. The highest BCUT2D eigenvalue weighted by Gasteiger charge is 2.04. The fourth-order valence-corrected chi connectivity index (χ4v) is 3.39. The monoisotopic (exact) mass is 404 g/mol. The molecule has 26 heavy (non-hydrogen) atoms. The Morgan fingerprint density at radius 3 is 2.31 bits per heavy atom. The third-order valence-corrected chi connectivity index (χ3v) is 5.12. The number of unbranched alkanes of at least 4 members (excludes halogenated alkanes) is 2. The van der Waals surface area contributed by atoms with Gasteiger partial charge < -0.3 is 0 Å². The summed E-state index contributed by atoms with van der Waals surface area (Å²) in [6.45, 7) is 2.25. The van der Waals surface area contributed by atoms with Gasteiger partial charge in [-0.25, -0.2) is 0 Å². The van der Waals surface area contributed by atoms with Gasteiger partial charge in [-0.2, -0.15) is 0 Å². The normalized spacial score (nSPS) is 11.2. The molecule has 3 aromatic carbocycles. The zero-order chi connectivity index (χ0) is 18.2. The highest BCUT2D eigenvalue weighted by atomic mass is 79.9. The van der Waals surface area contributed by atoms with E-state index in [0.29, 0.717) is 0 Å². The quantitative estimate of drug-likeness (QED) is 0.276. The highest BCUT2D eigenvalue weighted by molar-refractivity contribution is 9.10. The van der Waals surface area contributed by atoms with E-state index < -0.39 is 0 Å². The molecule has 0 heterocycles. The molecule has 0 nitrogen and oxygen atoms in total. The van der Waals surface area contributed by atoms with Gasteiger partial charge in [0.1, 0.15) is 0 Å². The predicted octanol–water partition coefficient (Wildman–Crippen LogP) is 8.02. The van der Waals surface area contributed by atoms with Gasteiger partial charge >= 0.3 is 0 Å². The van der Waals surface area contributed by atoms with Crippen LogP contribution in [0.1, 0.15) is 42.9 Å². The minimum Gasteiger partial charge on any atom is -0.0654 e. The van der Waals surface area contributed by atoms with Gasteiger partial charge in [0, 0.05) is 4.47 Å². The first-order valence-corrected chi connectivity index (χ1v) is 10.2. The summed E-state index contributed by atoms with van der Waals surface area (Å²) in [5.74, 6) is 0. The minimum absolute atomic E-state index is 1.11. The van der Waals surface area contributed by atoms with E-state index in [1.54, 1.807) is 0 Å². The van der Waals surface area contributed by atoms with Crippen molar-refractivity contribution in [3.63, 3.8) is 0 Å². The van der Waals surface area contributed by atoms with E-state index in [9.17, 15) is 0 Å². The largest absolute Gasteiger partial charge is 0.0654 e. The van der Waals surface area contributed by atoms with E-state index in [0.717, 1.165) is 10.9 Å². The standard InChI is InChI=1S/C25H25Br/c1-2-3-5-8-21-14-18-25(22-9-6-4-7-10-22)23(19-21)15-11-20-12-16-24(26)17-13-20/h4,6-7,9-19H,2-3,5,8H2,1H3/b15-11+. The number of rotatable bonds is 7. The summed E-state index contributed by atoms with van der Waals surface area (Å²) in [4.78, 5) is 0. The molecule has 132 valence electrons. The first-order valence-electron chi connectivity index (χ1n) is 9.38. The predicted molar refractivity (Wildman–Crippen MR) is 118 cm³/mol. The van der Waals surface area contributed by atoms with Gasteiger partial charge in [0.25, 0.3) is 0 Å². The lowest BCUT2D eigenvalue weighted by molar-refractivity contribution is 0.717. The number of aryl methyl sites for hydroxylation is 1. The summed E-state index contributed by atoms with van der Waals surface area (Å²) in [6, 6.07) is 26.0. The first kappa shape index (κ1) is 18.7. The van der Waals surface area contributed by atoms with Crippen molar-refractivity contribution < 1.29 is 0 Å². The Labute approximate surface area is 165 Å². The van der Waals surface area contributed by atoms with Crippen molar-refractivity contribution in [1.82, 2.24) is 0 Å². The third kappa shape index (κ3) is 5.19. The SMILES string of the molecule is CCCCCc1ccc(-c2ccccc2)c(/C=C/c2ccc(Br)cc2)c1. The molecule has 3 aromatic rings. The zero-order valence-electron chi connectivity index (χ0n) is 15.3. The first-order chi connectivity index (χ1) is 12.8. The molecule has 3 rings (SSSR count). The van der Waals surface area contributed by atoms with Gasteiger partial charge in [-0.15, -0.1) is 0 Å². The van der Waals surface area contributed by atoms with Crippen LogP contribution in [0, 0.1) is 0 Å². The molecule has 0 fully saturated rings. The average Bonchev–Trinajstić information content (AvgIpc) is 2.68. The smallest absolute Gasteiger partial charge is 0.0175 e. The fraction of sp³-hybridized carbons (Fsp3) is 0.200. The number of hydrogen-bond acceptors (Lipinski definition) is 0. The average molecular weight is 405 g/mol. The van der Waals surface area contributed by atoms with Gasteiger partial charge in [-0.05, 0) is 52.8 Å². The molecule has 0 radical (unpaired) electrons. The fourth-order valence-electron chi connectivity index (χ4n) is 3.13. The van der Waals surface area contributed by atoms with Crippen molar-refractivity contribution in [1.29, 1.82) is 0 Å². The topological polar surface area (TPSA) is 0 Å². The number of benzene rings is 3. The van der Waals surface area contributed by atoms with Crippen LogP contribution in [0.15, 0.2) is 77.3 Å². The molecule has 0 aliphatic heterocycles. The maximum atomic E-state index is 3.50. The molecule has 0 aliphatic carbocycles. The molecular weight excluding hydrogens is 380 g/mol. The molecule has 0 unspecified atom stereocenters. The second kappa shape index (κ2) is 9.54. The molecule has 0 atom stereocenters. The summed E-state index contributed by atoms with van der Waals surface area (Å²) in [5, 5.41) is 0. The summed E-state index contributed by atoms with van der Waals surface area (Å²) < 4.78 is 1.11. The maximum absolute atomic E-state index is 3.50. The van der Waals surface area contributed by atoms with Crippen molar-refractivity contribution in [3.8, 4) is 11.1 Å². The van der Waals surface area contributed by atoms with Crippen molar-refractivity contribution in [3.05, 3.63) is 94.0 Å². The van der Waals surface area contributed by atoms with E-state index in [1.165, 1.54) is 47.1 Å². The van der Waals surface area contributed by atoms with Gasteiger partial charge in [0.05, 0.1) is 0 Å². The Morgan fingerprint density at radius 1 is 0.808 bits per heavy atom. The Morgan fingerprint density at radius 2 is 1.58 bits per heavy atom. The molecule has 0 spiro atoms. The molecule has 0 aromatic heterocycles. The van der Waals surface area contributed by atoms with Crippen molar-refractivity contribution >= 4 is 28.1 Å². The highest BCUT2D eigenvalue weighted by Crippen LogP contribution is 2.27. The second-order valence-electron chi connectivity index (χ2n) is 6.63. The zero-order valence-corrected chi connectivity index (χ0v) is 16.9. The van der Waals surface area contributed by atoms with E-state index in [-0.39, 0.29) is 0 Å². The molecule has 0 N–H and O–H groups in total. The molecule has 0 saturated carbocycles. The van der Waals surface area contributed by atoms with Crippen LogP contribution >= 0.6 is 15.9 Å². The van der Waals surface area contributed by atoms with Crippen LogP contribution in [0.25, 0.3) is 23.3 Å². The molecule has 1 heteroatoms. The van der Waals surface area contributed by atoms with Gasteiger partial charge in [-0.1, -0.05) is 109 Å².